The number of nitrogens with two attached hydrogens (primary N) is 1. The largest absolute Gasteiger partial charge is 0.392 e. The predicted molar refractivity (Wildman–Crippen MR) is 80.0 cm³/mol. The standard InChI is InChI=1S/C17H25F2NO/c18-14-8-13(9-15(19)10-14)16(11-20)17(21)7-6-12-4-2-1-3-5-12/h8-10,12,16-17,21H,1-7,11,20H2. The Labute approximate surface area is 125 Å². The van der Waals surface area contributed by atoms with Gasteiger partial charge in [0.05, 0.1) is 6.10 Å². The smallest absolute Gasteiger partial charge is 0.126 e. The Balaban J connectivity index is 1.95. The molecule has 0 saturated heterocycles. The Morgan fingerprint density at radius 3 is 2.29 bits per heavy atom. The first-order valence-electron chi connectivity index (χ1n) is 7.94. The highest BCUT2D eigenvalue weighted by Crippen LogP contribution is 2.30. The molecule has 1 fully saturated rings. The van der Waals surface area contributed by atoms with Crippen molar-refractivity contribution in [3.63, 3.8) is 0 Å². The molecule has 0 spiro atoms. The van der Waals surface area contributed by atoms with Crippen LogP contribution < -0.4 is 5.73 Å². The van der Waals surface area contributed by atoms with Crippen LogP contribution in [0, 0.1) is 17.6 Å². The monoisotopic (exact) mass is 297 g/mol. The van der Waals surface area contributed by atoms with Crippen LogP contribution in [0.15, 0.2) is 18.2 Å². The van der Waals surface area contributed by atoms with Crippen LogP contribution in [0.5, 0.6) is 0 Å². The highest BCUT2D eigenvalue weighted by molar-refractivity contribution is 5.23. The van der Waals surface area contributed by atoms with E-state index in [1.807, 2.05) is 0 Å². The molecule has 0 amide bonds. The normalized spacial score (nSPS) is 19.4. The van der Waals surface area contributed by atoms with E-state index in [-0.39, 0.29) is 6.54 Å². The average Bonchev–Trinajstić information content (AvgIpc) is 2.46. The number of aliphatic hydroxyl groups excluding tert-OH is 1. The second-order valence-electron chi connectivity index (χ2n) is 6.19. The third-order valence-electron chi connectivity index (χ3n) is 4.63. The van der Waals surface area contributed by atoms with E-state index in [1.165, 1.54) is 44.2 Å². The van der Waals surface area contributed by atoms with E-state index in [0.717, 1.165) is 12.5 Å². The molecule has 21 heavy (non-hydrogen) atoms. The summed E-state index contributed by atoms with van der Waals surface area (Å²) in [6, 6.07) is 3.38. The van der Waals surface area contributed by atoms with Crippen molar-refractivity contribution in [1.82, 2.24) is 0 Å². The first-order chi connectivity index (χ1) is 10.1. The third kappa shape index (κ3) is 4.75. The molecule has 2 unspecified atom stereocenters. The second kappa shape index (κ2) is 7.85. The van der Waals surface area contributed by atoms with E-state index in [4.69, 9.17) is 5.73 Å². The fourth-order valence-electron chi connectivity index (χ4n) is 3.39. The van der Waals surface area contributed by atoms with Crippen LogP contribution in [-0.4, -0.2) is 17.8 Å². The van der Waals surface area contributed by atoms with Crippen LogP contribution in [0.4, 0.5) is 8.78 Å². The summed E-state index contributed by atoms with van der Waals surface area (Å²) in [5.74, 6) is -0.972. The molecule has 0 aliphatic heterocycles. The van der Waals surface area contributed by atoms with E-state index >= 15 is 0 Å². The Morgan fingerprint density at radius 1 is 1.10 bits per heavy atom. The van der Waals surface area contributed by atoms with Crippen LogP contribution >= 0.6 is 0 Å². The molecule has 118 valence electrons. The fourth-order valence-corrected chi connectivity index (χ4v) is 3.39. The Hall–Kier alpha value is -1.00. The van der Waals surface area contributed by atoms with Crippen LogP contribution in [0.25, 0.3) is 0 Å². The van der Waals surface area contributed by atoms with Crippen molar-refractivity contribution in [2.45, 2.75) is 57.0 Å². The van der Waals surface area contributed by atoms with E-state index in [1.54, 1.807) is 0 Å². The lowest BCUT2D eigenvalue weighted by molar-refractivity contribution is 0.123. The lowest BCUT2D eigenvalue weighted by Gasteiger charge is -2.26. The summed E-state index contributed by atoms with van der Waals surface area (Å²) in [4.78, 5) is 0. The van der Waals surface area contributed by atoms with Gasteiger partial charge in [0.2, 0.25) is 0 Å². The fraction of sp³-hybridized carbons (Fsp3) is 0.647. The van der Waals surface area contributed by atoms with Crippen molar-refractivity contribution in [3.8, 4) is 0 Å². The summed E-state index contributed by atoms with van der Waals surface area (Å²) in [7, 11) is 0. The molecule has 0 heterocycles. The van der Waals surface area contributed by atoms with Gasteiger partial charge >= 0.3 is 0 Å². The average molecular weight is 297 g/mol. The zero-order valence-corrected chi connectivity index (χ0v) is 12.4. The van der Waals surface area contributed by atoms with Crippen LogP contribution in [0.1, 0.15) is 56.4 Å². The first-order valence-corrected chi connectivity index (χ1v) is 7.94. The zero-order valence-electron chi connectivity index (χ0n) is 12.4. The number of hydrogen-bond acceptors (Lipinski definition) is 2. The molecule has 0 radical (unpaired) electrons. The quantitative estimate of drug-likeness (QED) is 0.840. The van der Waals surface area contributed by atoms with Crippen molar-refractivity contribution in [1.29, 1.82) is 0 Å². The SMILES string of the molecule is NCC(c1cc(F)cc(F)c1)C(O)CCC1CCCCC1. The first kappa shape index (κ1) is 16.4. The Morgan fingerprint density at radius 2 is 1.71 bits per heavy atom. The van der Waals surface area contributed by atoms with E-state index in [2.05, 4.69) is 0 Å². The van der Waals surface area contributed by atoms with Crippen molar-refractivity contribution in [2.75, 3.05) is 6.54 Å². The maximum atomic E-state index is 13.3. The van der Waals surface area contributed by atoms with E-state index < -0.39 is 23.7 Å². The molecule has 3 N–H and O–H groups in total. The van der Waals surface area contributed by atoms with E-state index in [9.17, 15) is 13.9 Å². The number of benzene rings is 1. The van der Waals surface area contributed by atoms with Gasteiger partial charge in [-0.1, -0.05) is 32.1 Å². The molecule has 1 saturated carbocycles. The number of hydrogen-bond donors (Lipinski definition) is 2. The van der Waals surface area contributed by atoms with Crippen molar-refractivity contribution < 1.29 is 13.9 Å². The molecule has 0 bridgehead atoms. The minimum Gasteiger partial charge on any atom is -0.392 e. The van der Waals surface area contributed by atoms with Crippen molar-refractivity contribution in [3.05, 3.63) is 35.4 Å². The number of aliphatic hydroxyl groups is 1. The summed E-state index contributed by atoms with van der Waals surface area (Å²) < 4.78 is 26.6. The molecule has 1 aliphatic rings. The maximum Gasteiger partial charge on any atom is 0.126 e. The molecule has 4 heteroatoms. The van der Waals surface area contributed by atoms with Crippen LogP contribution in [0.3, 0.4) is 0 Å². The second-order valence-corrected chi connectivity index (χ2v) is 6.19. The lowest BCUT2D eigenvalue weighted by atomic mass is 9.83. The summed E-state index contributed by atoms with van der Waals surface area (Å²) >= 11 is 0. The van der Waals surface area contributed by atoms with Gasteiger partial charge in [-0.3, -0.25) is 0 Å². The summed E-state index contributed by atoms with van der Waals surface area (Å²) in [6.07, 6.45) is 7.29. The van der Waals surface area contributed by atoms with Crippen molar-refractivity contribution >= 4 is 0 Å². The molecule has 1 aliphatic carbocycles. The molecule has 1 aromatic carbocycles. The van der Waals surface area contributed by atoms with Crippen LogP contribution in [-0.2, 0) is 0 Å². The molecule has 0 aromatic heterocycles. The van der Waals surface area contributed by atoms with Gasteiger partial charge in [0.15, 0.2) is 0 Å². The van der Waals surface area contributed by atoms with Crippen molar-refractivity contribution in [2.24, 2.45) is 11.7 Å². The van der Waals surface area contributed by atoms with Gasteiger partial charge in [-0.25, -0.2) is 8.78 Å². The van der Waals surface area contributed by atoms with Gasteiger partial charge in [-0.15, -0.1) is 0 Å². The number of halogens is 2. The molecule has 2 atom stereocenters. The number of rotatable bonds is 6. The summed E-state index contributed by atoms with van der Waals surface area (Å²) in [5.41, 5.74) is 6.16. The van der Waals surface area contributed by atoms with Gasteiger partial charge in [-0.05, 0) is 36.5 Å². The topological polar surface area (TPSA) is 46.2 Å². The van der Waals surface area contributed by atoms with Gasteiger partial charge in [0.25, 0.3) is 0 Å². The van der Waals surface area contributed by atoms with Crippen LogP contribution in [0.2, 0.25) is 0 Å². The molecule has 1 aromatic rings. The predicted octanol–water partition coefficient (Wildman–Crippen LogP) is 3.73. The molecular formula is C17H25F2NO. The van der Waals surface area contributed by atoms with Gasteiger partial charge in [-0.2, -0.15) is 0 Å². The molecular weight excluding hydrogens is 272 g/mol. The zero-order chi connectivity index (χ0) is 15.2. The minimum atomic E-state index is -0.641. The molecule has 2 rings (SSSR count). The Kier molecular flexibility index (Phi) is 6.12. The molecule has 2 nitrogen and oxygen atoms in total. The highest BCUT2D eigenvalue weighted by Gasteiger charge is 2.23. The highest BCUT2D eigenvalue weighted by atomic mass is 19.1. The minimum absolute atomic E-state index is 0.189. The van der Waals surface area contributed by atoms with Gasteiger partial charge in [0, 0.05) is 18.5 Å². The summed E-state index contributed by atoms with van der Waals surface area (Å²) in [5, 5.41) is 10.3. The van der Waals surface area contributed by atoms with Gasteiger partial charge < -0.3 is 10.8 Å². The Bertz CT molecular complexity index is 426. The lowest BCUT2D eigenvalue weighted by Crippen LogP contribution is -2.27. The van der Waals surface area contributed by atoms with Gasteiger partial charge in [0.1, 0.15) is 11.6 Å². The third-order valence-corrected chi connectivity index (χ3v) is 4.63. The van der Waals surface area contributed by atoms with E-state index in [0.29, 0.717) is 17.9 Å². The summed E-state index contributed by atoms with van der Waals surface area (Å²) in [6.45, 7) is 0.189. The maximum absolute atomic E-state index is 13.3.